The van der Waals surface area contributed by atoms with Gasteiger partial charge in [-0.3, -0.25) is 4.79 Å². The van der Waals surface area contributed by atoms with Crippen molar-refractivity contribution in [3.05, 3.63) is 47.1 Å². The Labute approximate surface area is 261 Å². The average Bonchev–Trinajstić information content (AvgIpc) is 3.38. The predicted octanol–water partition coefficient (Wildman–Crippen LogP) is 7.09. The van der Waals surface area contributed by atoms with Gasteiger partial charge in [0.15, 0.2) is 5.01 Å². The molecule has 3 fully saturated rings. The lowest BCUT2D eigenvalue weighted by Crippen LogP contribution is -2.59. The lowest BCUT2D eigenvalue weighted by atomic mass is 9.75. The highest BCUT2D eigenvalue weighted by Crippen LogP contribution is 2.45. The fourth-order valence-corrected chi connectivity index (χ4v) is 10.6. The molecule has 3 heterocycles. The van der Waals surface area contributed by atoms with Gasteiger partial charge in [0.2, 0.25) is 0 Å². The van der Waals surface area contributed by atoms with E-state index in [4.69, 9.17) is 9.72 Å². The maximum atomic E-state index is 13.7. The molecule has 6 rings (SSSR count). The molecule has 1 unspecified atom stereocenters. The van der Waals surface area contributed by atoms with Crippen molar-refractivity contribution in [2.45, 2.75) is 75.6 Å². The minimum atomic E-state index is -1.42. The normalized spacial score (nSPS) is 20.1. The van der Waals surface area contributed by atoms with Crippen LogP contribution in [0, 0.1) is 11.3 Å². The van der Waals surface area contributed by atoms with Gasteiger partial charge in [-0.2, -0.15) is 11.8 Å². The summed E-state index contributed by atoms with van der Waals surface area (Å²) in [5, 5.41) is 2.62. The third-order valence-electron chi connectivity index (χ3n) is 9.18. The van der Waals surface area contributed by atoms with Crippen LogP contribution in [0.2, 0.25) is 0 Å². The minimum absolute atomic E-state index is 0.0894. The molecule has 226 valence electrons. The first-order valence-corrected chi connectivity index (χ1v) is 18.5. The number of carbonyl (C=O) groups excluding carboxylic acids is 1. The van der Waals surface area contributed by atoms with E-state index in [2.05, 4.69) is 16.9 Å². The number of nitrogens with zero attached hydrogens (tertiary/aromatic N) is 2. The Bertz CT molecular complexity index is 1450. The van der Waals surface area contributed by atoms with Crippen molar-refractivity contribution < 1.29 is 13.7 Å². The van der Waals surface area contributed by atoms with Crippen LogP contribution >= 0.6 is 23.1 Å². The molecule has 6 nitrogen and oxygen atoms in total. The topological polar surface area (TPSA) is 71.5 Å². The zero-order valence-electron chi connectivity index (χ0n) is 25.1. The number of aromatic nitrogens is 1. The zero-order valence-corrected chi connectivity index (χ0v) is 27.5. The number of fused-ring (bicyclic) bond motifs is 1. The predicted molar refractivity (Wildman–Crippen MR) is 176 cm³/mol. The fourth-order valence-electron chi connectivity index (χ4n) is 6.95. The summed E-state index contributed by atoms with van der Waals surface area (Å²) in [4.78, 5) is 22.7. The lowest BCUT2D eigenvalue weighted by Gasteiger charge is -2.51. The van der Waals surface area contributed by atoms with Crippen LogP contribution in [-0.4, -0.2) is 63.9 Å². The Kier molecular flexibility index (Phi) is 9.13. The fraction of sp³-hybridized carbons (Fsp3) is 0.576. The van der Waals surface area contributed by atoms with E-state index < -0.39 is 16.5 Å². The van der Waals surface area contributed by atoms with Gasteiger partial charge in [-0.1, -0.05) is 62.4 Å². The standard InChI is InChI=1S/C33H43N3O3S3/c1-32(2,22-39-3)35-42(38)28-14-13-26(24-11-7-8-12-25(24)28)29-27(19-23-9-5-4-6-10-23)34-30(41-29)31(37)36-20-33(21-36)15-17-40-18-16-33/h7-8,11-14,23,35H,4-6,9-10,15-22H2,1-3H3. The number of thiazole rings is 1. The number of ether oxygens (including phenoxy) is 1. The number of hydrogen-bond acceptors (Lipinski definition) is 6. The summed E-state index contributed by atoms with van der Waals surface area (Å²) >= 11 is 3.59. The molecule has 1 amide bonds. The van der Waals surface area contributed by atoms with Crippen LogP contribution in [0.25, 0.3) is 21.2 Å². The molecular weight excluding hydrogens is 583 g/mol. The van der Waals surface area contributed by atoms with Crippen molar-refractivity contribution in [2.75, 3.05) is 38.3 Å². The van der Waals surface area contributed by atoms with Crippen LogP contribution in [0.4, 0.5) is 0 Å². The SMILES string of the molecule is COCC(C)(C)NS(=O)c1ccc(-c2sc(C(=O)N3CC4(CCSCC4)C3)nc2CC2CCCCC2)c2ccccc12. The highest BCUT2D eigenvalue weighted by molar-refractivity contribution is 7.99. The van der Waals surface area contributed by atoms with E-state index in [1.165, 1.54) is 56.5 Å². The Hall–Kier alpha value is -1.78. The highest BCUT2D eigenvalue weighted by Gasteiger charge is 2.46. The summed E-state index contributed by atoms with van der Waals surface area (Å²) in [5.41, 5.74) is 2.03. The quantitative estimate of drug-likeness (QED) is 0.275. The second-order valence-electron chi connectivity index (χ2n) is 13.1. The Morgan fingerprint density at radius 1 is 1.10 bits per heavy atom. The van der Waals surface area contributed by atoms with Gasteiger partial charge in [0, 0.05) is 36.7 Å². The number of methoxy groups -OCH3 is 1. The maximum absolute atomic E-state index is 13.7. The molecule has 0 bridgehead atoms. The number of benzene rings is 2. The molecule has 2 aromatic carbocycles. The summed E-state index contributed by atoms with van der Waals surface area (Å²) in [6, 6.07) is 12.3. The molecule has 1 aromatic heterocycles. The second kappa shape index (κ2) is 12.7. The third kappa shape index (κ3) is 6.36. The van der Waals surface area contributed by atoms with E-state index in [1.54, 1.807) is 18.4 Å². The number of thioether (sulfide) groups is 1. The molecular formula is C33H43N3O3S3. The van der Waals surface area contributed by atoms with Gasteiger partial charge in [-0.05, 0) is 67.4 Å². The molecule has 3 aromatic rings. The molecule has 2 aliphatic heterocycles. The summed E-state index contributed by atoms with van der Waals surface area (Å²) in [5.74, 6) is 3.12. The first-order valence-electron chi connectivity index (χ1n) is 15.3. The number of carbonyl (C=O) groups is 1. The van der Waals surface area contributed by atoms with Crippen LogP contribution in [0.5, 0.6) is 0 Å². The number of likely N-dealkylation sites (tertiary alicyclic amines) is 1. The van der Waals surface area contributed by atoms with Crippen LogP contribution < -0.4 is 4.72 Å². The molecule has 1 spiro atoms. The molecule has 1 N–H and O–H groups in total. The van der Waals surface area contributed by atoms with E-state index in [9.17, 15) is 9.00 Å². The van der Waals surface area contributed by atoms with Crippen molar-refractivity contribution in [3.8, 4) is 10.4 Å². The van der Waals surface area contributed by atoms with Gasteiger partial charge < -0.3 is 9.64 Å². The number of nitrogens with one attached hydrogen (secondary N) is 1. The van der Waals surface area contributed by atoms with E-state index >= 15 is 0 Å². The molecule has 1 aliphatic carbocycles. The molecule has 1 atom stereocenters. The molecule has 9 heteroatoms. The van der Waals surface area contributed by atoms with E-state index in [0.717, 1.165) is 51.3 Å². The van der Waals surface area contributed by atoms with Gasteiger partial charge in [0.25, 0.3) is 5.91 Å². The zero-order chi connectivity index (χ0) is 29.3. The smallest absolute Gasteiger partial charge is 0.282 e. The van der Waals surface area contributed by atoms with Crippen LogP contribution in [0.1, 0.15) is 74.3 Å². The second-order valence-corrected chi connectivity index (χ2v) is 16.5. The van der Waals surface area contributed by atoms with Gasteiger partial charge in [-0.15, -0.1) is 11.3 Å². The summed E-state index contributed by atoms with van der Waals surface area (Å²) in [6.45, 7) is 6.18. The van der Waals surface area contributed by atoms with Crippen LogP contribution in [-0.2, 0) is 22.1 Å². The van der Waals surface area contributed by atoms with E-state index in [1.807, 2.05) is 54.8 Å². The molecule has 3 aliphatic rings. The van der Waals surface area contributed by atoms with Crippen molar-refractivity contribution in [2.24, 2.45) is 11.3 Å². The molecule has 42 heavy (non-hydrogen) atoms. The Morgan fingerprint density at radius 3 is 2.52 bits per heavy atom. The molecule has 0 radical (unpaired) electrons. The monoisotopic (exact) mass is 625 g/mol. The Morgan fingerprint density at radius 2 is 1.81 bits per heavy atom. The van der Waals surface area contributed by atoms with Crippen LogP contribution in [0.15, 0.2) is 41.3 Å². The van der Waals surface area contributed by atoms with Crippen LogP contribution in [0.3, 0.4) is 0 Å². The number of amides is 1. The summed E-state index contributed by atoms with van der Waals surface area (Å²) in [7, 11) is 0.241. The van der Waals surface area contributed by atoms with Gasteiger partial charge in [-0.25, -0.2) is 13.9 Å². The first-order chi connectivity index (χ1) is 20.3. The lowest BCUT2D eigenvalue weighted by molar-refractivity contribution is 0.00111. The largest absolute Gasteiger partial charge is 0.383 e. The highest BCUT2D eigenvalue weighted by atomic mass is 32.2. The molecule has 1 saturated carbocycles. The first kappa shape index (κ1) is 30.3. The van der Waals surface area contributed by atoms with Gasteiger partial charge in [0.05, 0.1) is 22.1 Å². The number of rotatable bonds is 9. The Balaban J connectivity index is 1.34. The van der Waals surface area contributed by atoms with Gasteiger partial charge >= 0.3 is 0 Å². The van der Waals surface area contributed by atoms with E-state index in [-0.39, 0.29) is 5.91 Å². The third-order valence-corrected chi connectivity index (χ3v) is 12.8. The molecule has 2 saturated heterocycles. The summed E-state index contributed by atoms with van der Waals surface area (Å²) in [6.07, 6.45) is 9.68. The number of hydrogen-bond donors (Lipinski definition) is 1. The van der Waals surface area contributed by atoms with Crippen molar-refractivity contribution in [1.82, 2.24) is 14.6 Å². The van der Waals surface area contributed by atoms with Gasteiger partial charge in [0.1, 0.15) is 11.0 Å². The van der Waals surface area contributed by atoms with Crippen molar-refractivity contribution >= 4 is 50.8 Å². The van der Waals surface area contributed by atoms with Crippen molar-refractivity contribution in [1.29, 1.82) is 0 Å². The van der Waals surface area contributed by atoms with Crippen molar-refractivity contribution in [3.63, 3.8) is 0 Å². The average molecular weight is 626 g/mol. The minimum Gasteiger partial charge on any atom is -0.383 e. The summed E-state index contributed by atoms with van der Waals surface area (Å²) < 4.78 is 22.1. The maximum Gasteiger partial charge on any atom is 0.282 e. The van der Waals surface area contributed by atoms with E-state index in [0.29, 0.717) is 22.9 Å².